The largest absolute Gasteiger partial charge is 0.506 e. The Labute approximate surface area is 94.3 Å². The highest BCUT2D eigenvalue weighted by atomic mass is 35.5. The molecule has 0 aliphatic heterocycles. The van der Waals surface area contributed by atoms with Crippen LogP contribution in [0.25, 0.3) is 0 Å². The van der Waals surface area contributed by atoms with E-state index in [-0.39, 0.29) is 10.6 Å². The molecule has 0 unspecified atom stereocenters. The minimum Gasteiger partial charge on any atom is -0.506 e. The highest BCUT2D eigenvalue weighted by Gasteiger charge is 2.43. The average Bonchev–Trinajstić information content (AvgIpc) is 2.18. The second-order valence-electron chi connectivity index (χ2n) is 3.19. The van der Waals surface area contributed by atoms with E-state index in [1.165, 1.54) is 18.2 Å². The third-order valence-corrected chi connectivity index (χ3v) is 2.36. The summed E-state index contributed by atoms with van der Waals surface area (Å²) in [6.45, 7) is 0. The first kappa shape index (κ1) is 13.1. The Hall–Kier alpha value is -0.980. The van der Waals surface area contributed by atoms with Crippen LogP contribution in [0.3, 0.4) is 0 Å². The molecule has 0 aliphatic carbocycles. The number of phenolic OH excluding ortho intramolecular Hbond substituents is 1. The Morgan fingerprint density at radius 3 is 2.38 bits per heavy atom. The van der Waals surface area contributed by atoms with Crippen molar-refractivity contribution in [3.63, 3.8) is 0 Å². The summed E-state index contributed by atoms with van der Waals surface area (Å²) in [5, 5.41) is 18.2. The number of phenols is 1. The van der Waals surface area contributed by atoms with E-state index in [2.05, 4.69) is 0 Å². The predicted octanol–water partition coefficient (Wildman–Crippen LogP) is 1.97. The van der Waals surface area contributed by atoms with Gasteiger partial charge in [0, 0.05) is 5.56 Å². The number of aliphatic hydroxyl groups is 1. The van der Waals surface area contributed by atoms with Crippen LogP contribution >= 0.6 is 11.6 Å². The second-order valence-corrected chi connectivity index (χ2v) is 3.60. The number of para-hydroxylation sites is 1. The van der Waals surface area contributed by atoms with Gasteiger partial charge in [0.25, 0.3) is 0 Å². The summed E-state index contributed by atoms with van der Waals surface area (Å²) in [4.78, 5) is 0. The van der Waals surface area contributed by atoms with Crippen LogP contribution in [0.1, 0.15) is 11.6 Å². The van der Waals surface area contributed by atoms with Gasteiger partial charge in [-0.25, -0.2) is 0 Å². The first-order valence-electron chi connectivity index (χ1n) is 4.23. The molecule has 1 rings (SSSR count). The van der Waals surface area contributed by atoms with E-state index in [9.17, 15) is 18.3 Å². The molecule has 0 fully saturated rings. The summed E-state index contributed by atoms with van der Waals surface area (Å²) in [5.41, 5.74) is 4.95. The summed E-state index contributed by atoms with van der Waals surface area (Å²) >= 11 is 5.51. The highest BCUT2D eigenvalue weighted by molar-refractivity contribution is 6.32. The van der Waals surface area contributed by atoms with Crippen LogP contribution in [0.2, 0.25) is 5.02 Å². The van der Waals surface area contributed by atoms with E-state index in [0.29, 0.717) is 0 Å². The van der Waals surface area contributed by atoms with Gasteiger partial charge in [-0.05, 0) is 6.07 Å². The van der Waals surface area contributed by atoms with E-state index in [0.717, 1.165) is 0 Å². The third kappa shape index (κ3) is 2.58. The van der Waals surface area contributed by atoms with Crippen molar-refractivity contribution in [3.05, 3.63) is 28.8 Å². The van der Waals surface area contributed by atoms with E-state index in [4.69, 9.17) is 22.4 Å². The van der Waals surface area contributed by atoms with Gasteiger partial charge in [0.1, 0.15) is 5.75 Å². The predicted molar refractivity (Wildman–Crippen MR) is 52.1 cm³/mol. The van der Waals surface area contributed by atoms with Crippen LogP contribution in [0.15, 0.2) is 18.2 Å². The maximum absolute atomic E-state index is 12.2. The van der Waals surface area contributed by atoms with Gasteiger partial charge < -0.3 is 15.9 Å². The van der Waals surface area contributed by atoms with Gasteiger partial charge in [-0.1, -0.05) is 23.7 Å². The van der Waals surface area contributed by atoms with Gasteiger partial charge in [-0.15, -0.1) is 0 Å². The zero-order valence-electron chi connectivity index (χ0n) is 7.87. The summed E-state index contributed by atoms with van der Waals surface area (Å²) in [7, 11) is 0. The smallest absolute Gasteiger partial charge is 0.416 e. The Morgan fingerprint density at radius 2 is 1.88 bits per heavy atom. The fraction of sp³-hybridized carbons (Fsp3) is 0.333. The molecule has 0 saturated heterocycles. The molecule has 0 aliphatic rings. The topological polar surface area (TPSA) is 66.5 Å². The molecule has 0 saturated carbocycles. The minimum absolute atomic E-state index is 0.123. The van der Waals surface area contributed by atoms with Gasteiger partial charge in [-0.3, -0.25) is 0 Å². The van der Waals surface area contributed by atoms with Crippen molar-refractivity contribution in [2.75, 3.05) is 0 Å². The van der Waals surface area contributed by atoms with Gasteiger partial charge in [-0.2, -0.15) is 13.2 Å². The molecule has 16 heavy (non-hydrogen) atoms. The quantitative estimate of drug-likeness (QED) is 0.757. The van der Waals surface area contributed by atoms with Crippen molar-refractivity contribution < 1.29 is 23.4 Å². The normalized spacial score (nSPS) is 15.9. The van der Waals surface area contributed by atoms with Crippen LogP contribution < -0.4 is 5.73 Å². The molecule has 1 aromatic carbocycles. The molecule has 0 aromatic heterocycles. The van der Waals surface area contributed by atoms with E-state index >= 15 is 0 Å². The summed E-state index contributed by atoms with van der Waals surface area (Å²) in [6, 6.07) is 2.02. The standard InChI is InChI=1S/C9H9ClF3NO2/c10-5-3-1-2-4(7(5)15)6(14)8(16)9(11,12)13/h1-3,6,8,15-16H,14H2/t6-,8-/m0/s1. The molecule has 2 atom stereocenters. The SMILES string of the molecule is N[C@@H](c1cccc(Cl)c1O)[C@H](O)C(F)(F)F. The van der Waals surface area contributed by atoms with E-state index in [1.807, 2.05) is 0 Å². The Kier molecular flexibility index (Phi) is 3.67. The van der Waals surface area contributed by atoms with Crippen molar-refractivity contribution in [2.24, 2.45) is 5.73 Å². The summed E-state index contributed by atoms with van der Waals surface area (Å²) in [5.74, 6) is -0.556. The molecular formula is C9H9ClF3NO2. The number of benzene rings is 1. The van der Waals surface area contributed by atoms with Crippen molar-refractivity contribution in [2.45, 2.75) is 18.3 Å². The van der Waals surface area contributed by atoms with Gasteiger partial charge >= 0.3 is 6.18 Å². The molecule has 0 heterocycles. The molecular weight excluding hydrogens is 247 g/mol. The number of halogens is 4. The van der Waals surface area contributed by atoms with Gasteiger partial charge in [0.05, 0.1) is 11.1 Å². The maximum Gasteiger partial charge on any atom is 0.416 e. The lowest BCUT2D eigenvalue weighted by molar-refractivity contribution is -0.210. The number of aliphatic hydroxyl groups excluding tert-OH is 1. The lowest BCUT2D eigenvalue weighted by Gasteiger charge is -2.22. The van der Waals surface area contributed by atoms with Crippen molar-refractivity contribution in [1.29, 1.82) is 0 Å². The second kappa shape index (κ2) is 4.48. The summed E-state index contributed by atoms with van der Waals surface area (Å²) in [6.07, 6.45) is -7.61. The first-order valence-corrected chi connectivity index (χ1v) is 4.60. The molecule has 7 heteroatoms. The van der Waals surface area contributed by atoms with Crippen molar-refractivity contribution in [3.8, 4) is 5.75 Å². The average molecular weight is 256 g/mol. The van der Waals surface area contributed by atoms with Crippen LogP contribution in [-0.2, 0) is 0 Å². The molecule has 0 radical (unpaired) electrons. The number of nitrogens with two attached hydrogens (primary N) is 1. The lowest BCUT2D eigenvalue weighted by Crippen LogP contribution is -2.38. The Balaban J connectivity index is 3.06. The number of hydrogen-bond acceptors (Lipinski definition) is 3. The Bertz CT molecular complexity index is 384. The fourth-order valence-electron chi connectivity index (χ4n) is 1.17. The van der Waals surface area contributed by atoms with E-state index < -0.39 is 24.1 Å². The third-order valence-electron chi connectivity index (χ3n) is 2.05. The van der Waals surface area contributed by atoms with Crippen molar-refractivity contribution in [1.82, 2.24) is 0 Å². The number of rotatable bonds is 2. The Morgan fingerprint density at radius 1 is 1.31 bits per heavy atom. The first-order chi connectivity index (χ1) is 7.25. The highest BCUT2D eigenvalue weighted by Crippen LogP contribution is 2.35. The van der Waals surface area contributed by atoms with Crippen LogP contribution in [-0.4, -0.2) is 22.5 Å². The monoisotopic (exact) mass is 255 g/mol. The number of hydrogen-bond donors (Lipinski definition) is 3. The summed E-state index contributed by atoms with van der Waals surface area (Å²) < 4.78 is 36.5. The molecule has 0 bridgehead atoms. The fourth-order valence-corrected chi connectivity index (χ4v) is 1.36. The van der Waals surface area contributed by atoms with Gasteiger partial charge in [0.2, 0.25) is 0 Å². The number of aromatic hydroxyl groups is 1. The molecule has 1 aromatic rings. The zero-order valence-corrected chi connectivity index (χ0v) is 8.63. The molecule has 0 amide bonds. The minimum atomic E-state index is -4.85. The van der Waals surface area contributed by atoms with Crippen molar-refractivity contribution >= 4 is 11.6 Å². The van der Waals surface area contributed by atoms with Crippen LogP contribution in [0.4, 0.5) is 13.2 Å². The van der Waals surface area contributed by atoms with E-state index in [1.54, 1.807) is 0 Å². The van der Waals surface area contributed by atoms with Crippen LogP contribution in [0.5, 0.6) is 5.75 Å². The zero-order chi connectivity index (χ0) is 12.5. The van der Waals surface area contributed by atoms with Gasteiger partial charge in [0.15, 0.2) is 6.10 Å². The maximum atomic E-state index is 12.2. The molecule has 4 N–H and O–H groups in total. The molecule has 0 spiro atoms. The van der Waals surface area contributed by atoms with Crippen LogP contribution in [0, 0.1) is 0 Å². The lowest BCUT2D eigenvalue weighted by atomic mass is 10.0. The number of alkyl halides is 3. The molecule has 90 valence electrons. The molecule has 3 nitrogen and oxygen atoms in total.